The second kappa shape index (κ2) is 10.8. The van der Waals surface area contributed by atoms with Crippen LogP contribution in [-0.4, -0.2) is 99.8 Å². The van der Waals surface area contributed by atoms with E-state index in [1.54, 1.807) is 38.2 Å². The molecular formula is C24H39N2O10P. The molecular weight excluding hydrogens is 507 g/mol. The zero-order valence-corrected chi connectivity index (χ0v) is 22.4. The number of rotatable bonds is 8. The second-order valence-electron chi connectivity index (χ2n) is 10.4. The molecule has 4 rings (SSSR count). The largest absolute Gasteiger partial charge is 0.424 e. The van der Waals surface area contributed by atoms with Crippen LogP contribution in [0, 0.1) is 5.92 Å². The summed E-state index contributed by atoms with van der Waals surface area (Å²) in [4.78, 5) is 9.62. The monoisotopic (exact) mass is 546 g/mol. The van der Waals surface area contributed by atoms with E-state index < -0.39 is 67.8 Å². The lowest BCUT2D eigenvalue weighted by Crippen LogP contribution is -2.80. The number of fused-ring (bicyclic) bond motifs is 2. The Kier molecular flexibility index (Phi) is 8.41. The van der Waals surface area contributed by atoms with Gasteiger partial charge in [-0.2, -0.15) is 0 Å². The molecule has 1 aromatic rings. The fourth-order valence-corrected chi connectivity index (χ4v) is 6.32. The van der Waals surface area contributed by atoms with Crippen molar-refractivity contribution in [3.8, 4) is 5.75 Å². The van der Waals surface area contributed by atoms with Gasteiger partial charge < -0.3 is 54.7 Å². The van der Waals surface area contributed by atoms with Crippen LogP contribution in [0.2, 0.25) is 0 Å². The van der Waals surface area contributed by atoms with E-state index in [1.807, 2.05) is 6.92 Å². The van der Waals surface area contributed by atoms with Gasteiger partial charge in [0, 0.05) is 37.7 Å². The number of aliphatic hydroxyl groups excluding tert-OH is 2. The quantitative estimate of drug-likeness (QED) is 0.211. The van der Waals surface area contributed by atoms with Crippen LogP contribution in [0.3, 0.4) is 0 Å². The van der Waals surface area contributed by atoms with Gasteiger partial charge in [0.25, 0.3) is 0 Å². The van der Waals surface area contributed by atoms with E-state index in [2.05, 4.69) is 10.6 Å². The highest BCUT2D eigenvalue weighted by molar-refractivity contribution is 7.52. The van der Waals surface area contributed by atoms with Crippen molar-refractivity contribution in [2.75, 3.05) is 20.3 Å². The maximum atomic E-state index is 11.8. The first-order chi connectivity index (χ1) is 17.3. The van der Waals surface area contributed by atoms with E-state index in [9.17, 15) is 29.9 Å². The first-order valence-electron chi connectivity index (χ1n) is 12.6. The minimum absolute atomic E-state index is 0.000389. The minimum atomic E-state index is -3.78. The Morgan fingerprint density at radius 3 is 2.51 bits per heavy atom. The Morgan fingerprint density at radius 2 is 1.86 bits per heavy atom. The molecule has 210 valence electrons. The molecule has 7 N–H and O–H groups in total. The summed E-state index contributed by atoms with van der Waals surface area (Å²) in [6.45, 7) is 4.67. The number of aliphatic hydroxyl groups is 4. The van der Waals surface area contributed by atoms with Gasteiger partial charge >= 0.3 is 7.60 Å². The van der Waals surface area contributed by atoms with E-state index in [4.69, 9.17) is 18.7 Å². The lowest BCUT2D eigenvalue weighted by molar-refractivity contribution is -0.483. The standard InChI is InChI=1S/C24H39N2O10P/c1-5-15-18(27)17(25-3)20-21(19(15)28)34-22-24(30,35-20)23(29,10-13(2)33-22)12-26-11-14-8-6-7-9-16(14)36-37(4,31)32/h6-9,13,15,17-22,25-30H,5,10-12H2,1-4H3,(H,31,32)/t13-,15-,17+,18+,19+,20-,21-,22+,23-,24-/m1/s1. The Balaban J connectivity index is 1.55. The zero-order chi connectivity index (χ0) is 27.2. The molecule has 13 heteroatoms. The molecule has 1 aromatic carbocycles. The number of para-hydroxylation sites is 1. The van der Waals surface area contributed by atoms with E-state index >= 15 is 0 Å². The van der Waals surface area contributed by atoms with Gasteiger partial charge in [0.05, 0.1) is 24.4 Å². The third-order valence-electron chi connectivity index (χ3n) is 7.60. The molecule has 1 aliphatic carbocycles. The average molecular weight is 547 g/mol. The van der Waals surface area contributed by atoms with Crippen LogP contribution in [0.4, 0.5) is 0 Å². The van der Waals surface area contributed by atoms with Crippen LogP contribution in [0.1, 0.15) is 32.3 Å². The van der Waals surface area contributed by atoms with E-state index in [0.29, 0.717) is 12.0 Å². The van der Waals surface area contributed by atoms with Gasteiger partial charge in [-0.15, -0.1) is 0 Å². The van der Waals surface area contributed by atoms with Crippen LogP contribution >= 0.6 is 7.60 Å². The summed E-state index contributed by atoms with van der Waals surface area (Å²) >= 11 is 0. The fourth-order valence-electron chi connectivity index (χ4n) is 5.78. The summed E-state index contributed by atoms with van der Waals surface area (Å²) in [5.41, 5.74) is -1.31. The smallest absolute Gasteiger partial charge is 0.373 e. The maximum absolute atomic E-state index is 11.8. The van der Waals surface area contributed by atoms with E-state index in [-0.39, 0.29) is 25.3 Å². The molecule has 0 amide bonds. The molecule has 2 heterocycles. The van der Waals surface area contributed by atoms with Crippen molar-refractivity contribution >= 4 is 7.60 Å². The van der Waals surface area contributed by atoms with Gasteiger partial charge in [0.1, 0.15) is 23.6 Å². The van der Waals surface area contributed by atoms with Crippen molar-refractivity contribution in [1.82, 2.24) is 10.6 Å². The molecule has 1 unspecified atom stereocenters. The molecule has 0 bridgehead atoms. The van der Waals surface area contributed by atoms with Crippen molar-refractivity contribution in [3.05, 3.63) is 29.8 Å². The topological polar surface area (TPSA) is 179 Å². The van der Waals surface area contributed by atoms with Crippen molar-refractivity contribution in [2.45, 2.75) is 87.5 Å². The van der Waals surface area contributed by atoms with Crippen LogP contribution < -0.4 is 15.2 Å². The summed E-state index contributed by atoms with van der Waals surface area (Å²) in [6.07, 6.45) is -5.31. The van der Waals surface area contributed by atoms with Crippen molar-refractivity contribution < 1.29 is 48.6 Å². The predicted molar refractivity (Wildman–Crippen MR) is 132 cm³/mol. The molecule has 3 fully saturated rings. The molecule has 2 aliphatic heterocycles. The van der Waals surface area contributed by atoms with Crippen molar-refractivity contribution in [2.24, 2.45) is 5.92 Å². The number of ether oxygens (including phenoxy) is 3. The molecule has 11 atom stereocenters. The number of hydrogen-bond donors (Lipinski definition) is 7. The summed E-state index contributed by atoms with van der Waals surface area (Å²) in [7, 11) is -2.14. The Hall–Kier alpha value is -1.15. The SMILES string of the molecule is CC[C@@H]1[C@H](O)[C@H](NC)[C@H]2O[C@]3(O)[C@H](O[C@@H]2[C@H]1O)O[C@H](C)C[C@@]3(O)CNCc1ccccc1OP(C)(=O)O. The Bertz CT molecular complexity index is 996. The zero-order valence-electron chi connectivity index (χ0n) is 21.5. The molecule has 12 nitrogen and oxygen atoms in total. The normalized spacial score (nSPS) is 43.4. The first kappa shape index (κ1) is 28.8. The first-order valence-corrected chi connectivity index (χ1v) is 14.6. The lowest BCUT2D eigenvalue weighted by atomic mass is 9.74. The van der Waals surface area contributed by atoms with Gasteiger partial charge in [-0.25, -0.2) is 4.57 Å². The maximum Gasteiger partial charge on any atom is 0.373 e. The fraction of sp³-hybridized carbons (Fsp3) is 0.750. The summed E-state index contributed by atoms with van der Waals surface area (Å²) in [5, 5.41) is 51.4. The van der Waals surface area contributed by atoms with Crippen molar-refractivity contribution in [1.29, 1.82) is 0 Å². The highest BCUT2D eigenvalue weighted by Gasteiger charge is 2.68. The summed E-state index contributed by atoms with van der Waals surface area (Å²) in [5.74, 6) is -2.57. The number of nitrogens with one attached hydrogen (secondary N) is 2. The van der Waals surface area contributed by atoms with Gasteiger partial charge in [-0.1, -0.05) is 25.1 Å². The molecule has 37 heavy (non-hydrogen) atoms. The number of likely N-dealkylation sites (N-methyl/N-ethyl adjacent to an activating group) is 1. The molecule has 0 spiro atoms. The van der Waals surface area contributed by atoms with Gasteiger partial charge in [0.15, 0.2) is 0 Å². The second-order valence-corrected chi connectivity index (χ2v) is 12.2. The minimum Gasteiger partial charge on any atom is -0.424 e. The Morgan fingerprint density at radius 1 is 1.16 bits per heavy atom. The van der Waals surface area contributed by atoms with Crippen LogP contribution in [0.15, 0.2) is 24.3 Å². The number of hydrogen-bond acceptors (Lipinski definition) is 11. The lowest BCUT2D eigenvalue weighted by Gasteiger charge is -2.60. The van der Waals surface area contributed by atoms with Crippen LogP contribution in [0.5, 0.6) is 5.75 Å². The van der Waals surface area contributed by atoms with Crippen molar-refractivity contribution in [3.63, 3.8) is 0 Å². The average Bonchev–Trinajstić information content (AvgIpc) is 2.80. The van der Waals surface area contributed by atoms with Crippen LogP contribution in [0.25, 0.3) is 0 Å². The predicted octanol–water partition coefficient (Wildman–Crippen LogP) is -0.342. The van der Waals surface area contributed by atoms with E-state index in [0.717, 1.165) is 6.66 Å². The van der Waals surface area contributed by atoms with Crippen LogP contribution in [-0.2, 0) is 25.3 Å². The molecule has 3 aliphatic rings. The highest BCUT2D eigenvalue weighted by Crippen LogP contribution is 2.47. The third kappa shape index (κ3) is 5.48. The summed E-state index contributed by atoms with van der Waals surface area (Å²) in [6, 6.07) is 6.02. The molecule has 0 aromatic heterocycles. The molecule has 2 saturated heterocycles. The number of benzene rings is 1. The summed E-state index contributed by atoms with van der Waals surface area (Å²) < 4.78 is 34.9. The van der Waals surface area contributed by atoms with Gasteiger partial charge in [0.2, 0.25) is 12.1 Å². The van der Waals surface area contributed by atoms with Gasteiger partial charge in [-0.05, 0) is 26.5 Å². The Labute approximate surface area is 216 Å². The molecule has 1 saturated carbocycles. The van der Waals surface area contributed by atoms with Gasteiger partial charge in [-0.3, -0.25) is 0 Å². The highest BCUT2D eigenvalue weighted by atomic mass is 31.2. The van der Waals surface area contributed by atoms with E-state index in [1.165, 1.54) is 0 Å². The molecule has 0 radical (unpaired) electrons. The third-order valence-corrected chi connectivity index (χ3v) is 8.14.